The first-order chi connectivity index (χ1) is 20.6. The third-order valence-electron chi connectivity index (χ3n) is 6.93. The molecule has 0 spiro atoms. The summed E-state index contributed by atoms with van der Waals surface area (Å²) in [6, 6.07) is 19.8. The van der Waals surface area contributed by atoms with Crippen LogP contribution in [0, 0.1) is 6.92 Å². The van der Waals surface area contributed by atoms with Crippen LogP contribution in [0.25, 0.3) is 22.3 Å². The molecular weight excluding hydrogens is 673 g/mol. The molecule has 0 fully saturated rings. The van der Waals surface area contributed by atoms with Gasteiger partial charge in [-0.2, -0.15) is 9.78 Å². The minimum atomic E-state index is -0.310. The molecule has 5 aromatic rings. The Hall–Kier alpha value is -3.36. The van der Waals surface area contributed by atoms with Gasteiger partial charge in [-0.3, -0.25) is 4.79 Å². The Balaban J connectivity index is 1.65. The minimum absolute atomic E-state index is 0.169. The Morgan fingerprint density at radius 2 is 1.79 bits per heavy atom. The smallest absolute Gasteiger partial charge is 0.282 e. The molecule has 0 bridgehead atoms. The van der Waals surface area contributed by atoms with E-state index in [-0.39, 0.29) is 18.1 Å². The lowest BCUT2D eigenvalue weighted by Crippen LogP contribution is -2.21. The summed E-state index contributed by atoms with van der Waals surface area (Å²) in [5.74, 6) is 1.83. The molecule has 0 saturated heterocycles. The maximum absolute atomic E-state index is 13.9. The van der Waals surface area contributed by atoms with E-state index in [9.17, 15) is 4.79 Å². The van der Waals surface area contributed by atoms with Gasteiger partial charge in [-0.05, 0) is 88.4 Å². The zero-order valence-corrected chi connectivity index (χ0v) is 27.6. The molecule has 43 heavy (non-hydrogen) atoms. The quantitative estimate of drug-likeness (QED) is 0.151. The second kappa shape index (κ2) is 13.1. The molecule has 0 aliphatic rings. The molecule has 0 N–H and O–H groups in total. The molecule has 10 heteroatoms. The van der Waals surface area contributed by atoms with Crippen LogP contribution in [-0.4, -0.2) is 23.0 Å². The van der Waals surface area contributed by atoms with Crippen molar-refractivity contribution >= 4 is 67.9 Å². The lowest BCUT2D eigenvalue weighted by atomic mass is 9.96. The molecule has 5 rings (SSSR count). The van der Waals surface area contributed by atoms with Crippen molar-refractivity contribution in [2.75, 3.05) is 7.11 Å². The largest absolute Gasteiger partial charge is 0.496 e. The zero-order chi connectivity index (χ0) is 30.8. The van der Waals surface area contributed by atoms with E-state index in [1.54, 1.807) is 55.8 Å². The highest BCUT2D eigenvalue weighted by molar-refractivity contribution is 9.10. The van der Waals surface area contributed by atoms with Crippen LogP contribution in [0.5, 0.6) is 11.5 Å². The molecule has 1 heterocycles. The number of aromatic nitrogens is 2. The van der Waals surface area contributed by atoms with Crippen molar-refractivity contribution in [2.24, 2.45) is 5.10 Å². The van der Waals surface area contributed by atoms with Gasteiger partial charge in [0.15, 0.2) is 5.82 Å². The lowest BCUT2D eigenvalue weighted by Gasteiger charge is -2.17. The van der Waals surface area contributed by atoms with Gasteiger partial charge in [-0.25, -0.2) is 4.98 Å². The molecule has 6 nitrogen and oxygen atoms in total. The van der Waals surface area contributed by atoms with Crippen LogP contribution in [0.4, 0.5) is 0 Å². The number of rotatable bonds is 8. The average Bonchev–Trinajstić information content (AvgIpc) is 2.96. The Labute approximate surface area is 273 Å². The molecule has 0 aliphatic heterocycles. The number of benzene rings is 4. The molecule has 1 aromatic heterocycles. The van der Waals surface area contributed by atoms with Gasteiger partial charge in [-0.15, -0.1) is 0 Å². The van der Waals surface area contributed by atoms with Gasteiger partial charge in [0, 0.05) is 31.8 Å². The number of fused-ring (bicyclic) bond motifs is 1. The fourth-order valence-electron chi connectivity index (χ4n) is 4.71. The number of ether oxygens (including phenoxy) is 2. The summed E-state index contributed by atoms with van der Waals surface area (Å²) in [6.45, 7) is 6.31. The van der Waals surface area contributed by atoms with Crippen LogP contribution in [0.1, 0.15) is 42.0 Å². The van der Waals surface area contributed by atoms with E-state index in [0.717, 1.165) is 28.0 Å². The zero-order valence-electron chi connectivity index (χ0n) is 23.8. The predicted molar refractivity (Wildman–Crippen MR) is 180 cm³/mol. The van der Waals surface area contributed by atoms with Crippen molar-refractivity contribution in [2.45, 2.75) is 33.3 Å². The first-order valence-electron chi connectivity index (χ1n) is 13.4. The third kappa shape index (κ3) is 6.60. The summed E-state index contributed by atoms with van der Waals surface area (Å²) in [5, 5.41) is 6.60. The average molecular weight is 700 g/mol. The van der Waals surface area contributed by atoms with E-state index in [2.05, 4.69) is 34.9 Å². The molecule has 0 radical (unpaired) electrons. The second-order valence-electron chi connectivity index (χ2n) is 10.2. The highest BCUT2D eigenvalue weighted by atomic mass is 79.9. The van der Waals surface area contributed by atoms with Crippen LogP contribution in [0.3, 0.4) is 0 Å². The van der Waals surface area contributed by atoms with Gasteiger partial charge in [-0.1, -0.05) is 66.8 Å². The van der Waals surface area contributed by atoms with E-state index in [0.29, 0.717) is 47.6 Å². The molecule has 220 valence electrons. The maximum Gasteiger partial charge on any atom is 0.282 e. The van der Waals surface area contributed by atoms with Crippen LogP contribution in [-0.2, 0) is 6.61 Å². The first-order valence-corrected chi connectivity index (χ1v) is 15.3. The van der Waals surface area contributed by atoms with Crippen molar-refractivity contribution in [3.63, 3.8) is 0 Å². The Bertz CT molecular complexity index is 1940. The van der Waals surface area contributed by atoms with Crippen molar-refractivity contribution in [3.8, 4) is 22.9 Å². The fourth-order valence-corrected chi connectivity index (χ4v) is 6.12. The minimum Gasteiger partial charge on any atom is -0.496 e. The molecule has 4 aromatic carbocycles. The molecule has 0 saturated carbocycles. The third-order valence-corrected chi connectivity index (χ3v) is 8.32. The number of methoxy groups -OCH3 is 1. The van der Waals surface area contributed by atoms with Gasteiger partial charge in [0.2, 0.25) is 0 Å². The second-order valence-corrected chi connectivity index (χ2v) is 12.3. The summed E-state index contributed by atoms with van der Waals surface area (Å²) < 4.78 is 13.8. The van der Waals surface area contributed by atoms with Crippen molar-refractivity contribution in [3.05, 3.63) is 119 Å². The number of halogens is 4. The van der Waals surface area contributed by atoms with Crippen LogP contribution in [0.15, 0.2) is 81.1 Å². The first kappa shape index (κ1) is 31.1. The number of hydrogen-bond donors (Lipinski definition) is 0. The van der Waals surface area contributed by atoms with E-state index < -0.39 is 0 Å². The highest BCUT2D eigenvalue weighted by Crippen LogP contribution is 2.35. The fraction of sp³-hybridized carbons (Fsp3) is 0.182. The molecule has 0 atom stereocenters. The van der Waals surface area contributed by atoms with Crippen molar-refractivity contribution in [1.82, 2.24) is 9.66 Å². The van der Waals surface area contributed by atoms with Crippen LogP contribution < -0.4 is 15.0 Å². The topological polar surface area (TPSA) is 65.7 Å². The molecular formula is C33H27BrCl3N3O3. The van der Waals surface area contributed by atoms with E-state index in [1.165, 1.54) is 4.68 Å². The van der Waals surface area contributed by atoms with Gasteiger partial charge in [0.05, 0.1) is 28.7 Å². The summed E-state index contributed by atoms with van der Waals surface area (Å²) in [7, 11) is 1.65. The van der Waals surface area contributed by atoms with E-state index >= 15 is 0 Å². The van der Waals surface area contributed by atoms with Crippen molar-refractivity contribution in [1.29, 1.82) is 0 Å². The molecule has 0 unspecified atom stereocenters. The van der Waals surface area contributed by atoms with Crippen LogP contribution >= 0.6 is 50.7 Å². The van der Waals surface area contributed by atoms with Crippen molar-refractivity contribution < 1.29 is 9.47 Å². The van der Waals surface area contributed by atoms with Gasteiger partial charge >= 0.3 is 0 Å². The normalized spacial score (nSPS) is 11.6. The Kier molecular flexibility index (Phi) is 9.47. The summed E-state index contributed by atoms with van der Waals surface area (Å²) >= 11 is 22.4. The Morgan fingerprint density at radius 1 is 1.02 bits per heavy atom. The monoisotopic (exact) mass is 697 g/mol. The summed E-state index contributed by atoms with van der Waals surface area (Å²) in [5.41, 5.74) is 4.22. The number of hydrogen-bond acceptors (Lipinski definition) is 5. The lowest BCUT2D eigenvalue weighted by molar-refractivity contribution is 0.304. The molecule has 0 aliphatic carbocycles. The maximum atomic E-state index is 13.9. The van der Waals surface area contributed by atoms with Gasteiger partial charge < -0.3 is 9.47 Å². The van der Waals surface area contributed by atoms with Gasteiger partial charge in [0.1, 0.15) is 18.1 Å². The summed E-state index contributed by atoms with van der Waals surface area (Å²) in [6.07, 6.45) is 1.54. The number of nitrogens with zero attached hydrogens (tertiary/aromatic N) is 3. The molecule has 0 amide bonds. The predicted octanol–water partition coefficient (Wildman–Crippen LogP) is 9.69. The number of para-hydroxylation sites is 1. The van der Waals surface area contributed by atoms with Gasteiger partial charge in [0.25, 0.3) is 5.56 Å². The number of aryl methyl sites for hydroxylation is 1. The Morgan fingerprint density at radius 3 is 2.51 bits per heavy atom. The van der Waals surface area contributed by atoms with Crippen LogP contribution in [0.2, 0.25) is 15.1 Å². The summed E-state index contributed by atoms with van der Waals surface area (Å²) in [4.78, 5) is 18.8. The standard InChI is InChI=1S/C33H27BrCl3N3O3/c1-18(2)25-15-26(19(3)11-30(25)42-4)32-39-29-8-6-5-7-24(29)33(41)40(32)38-16-21-12-23(36)13-27(34)31(21)43-17-20-9-10-22(35)14-28(20)37/h5-16,18H,17H2,1-4H3. The highest BCUT2D eigenvalue weighted by Gasteiger charge is 2.19. The van der Waals surface area contributed by atoms with E-state index in [1.807, 2.05) is 31.2 Å². The van der Waals surface area contributed by atoms with E-state index in [4.69, 9.17) is 49.3 Å². The SMILES string of the molecule is COc1cc(C)c(-c2nc3ccccc3c(=O)n2N=Cc2cc(Cl)cc(Br)c2OCc2ccc(Cl)cc2Cl)cc1C(C)C.